The van der Waals surface area contributed by atoms with Crippen molar-refractivity contribution in [1.82, 2.24) is 0 Å². The smallest absolute Gasteiger partial charge is 0.416 e. The number of carboxylic acids is 2. The molecule has 3 unspecified atom stereocenters. The van der Waals surface area contributed by atoms with Crippen LogP contribution in [0.4, 0.5) is 13.2 Å². The zero-order chi connectivity index (χ0) is 19.0. The van der Waals surface area contributed by atoms with E-state index in [2.05, 4.69) is 0 Å². The van der Waals surface area contributed by atoms with Gasteiger partial charge in [0.25, 0.3) is 0 Å². The van der Waals surface area contributed by atoms with Gasteiger partial charge >= 0.3 is 18.1 Å². The minimum atomic E-state index is -4.65. The predicted molar refractivity (Wildman–Crippen MR) is 80.5 cm³/mol. The summed E-state index contributed by atoms with van der Waals surface area (Å²) in [6, 6.07) is 3.76. The Hall–Kier alpha value is -2.61. The summed E-state index contributed by atoms with van der Waals surface area (Å²) in [7, 11) is 0. The highest BCUT2D eigenvalue weighted by Gasteiger charge is 2.48. The summed E-state index contributed by atoms with van der Waals surface area (Å²) in [6.45, 7) is 1.21. The highest BCUT2D eigenvalue weighted by molar-refractivity contribution is 5.91. The third-order valence-electron chi connectivity index (χ3n) is 4.28. The van der Waals surface area contributed by atoms with Gasteiger partial charge in [-0.3, -0.25) is 4.79 Å². The molecule has 8 heteroatoms. The third-order valence-corrected chi connectivity index (χ3v) is 4.28. The molecule has 0 aromatic heterocycles. The zero-order valence-electron chi connectivity index (χ0n) is 13.0. The van der Waals surface area contributed by atoms with Crippen LogP contribution in [-0.2, 0) is 15.8 Å². The van der Waals surface area contributed by atoms with Gasteiger partial charge in [-0.25, -0.2) is 4.79 Å². The van der Waals surface area contributed by atoms with Crippen molar-refractivity contribution in [2.24, 2.45) is 11.3 Å². The summed E-state index contributed by atoms with van der Waals surface area (Å²) in [6.07, 6.45) is -2.82. The van der Waals surface area contributed by atoms with Crippen LogP contribution >= 0.6 is 0 Å². The molecule has 0 bridgehead atoms. The lowest BCUT2D eigenvalue weighted by molar-refractivity contribution is -0.150. The summed E-state index contributed by atoms with van der Waals surface area (Å²) in [5.41, 5.74) is -3.42. The second-order valence-corrected chi connectivity index (χ2v) is 5.92. The molecule has 134 valence electrons. The molecule has 1 aromatic carbocycles. The molecular formula is C17H15F3O5. The van der Waals surface area contributed by atoms with Crippen molar-refractivity contribution < 1.29 is 38.1 Å². The van der Waals surface area contributed by atoms with Gasteiger partial charge in [0.15, 0.2) is 0 Å². The largest absolute Gasteiger partial charge is 0.481 e. The van der Waals surface area contributed by atoms with Gasteiger partial charge in [0.05, 0.1) is 17.1 Å². The standard InChI is InChI=1S/C17H15F3O5/c1-16(15(24)25)7-3-6-11(14(22)23)12(16)13(21)9-4-2-5-10(8-9)17(18,19)20/h2-8,12-13,21H,1H3,(H,22,23)(H,24,25). The van der Waals surface area contributed by atoms with E-state index in [1.54, 1.807) is 0 Å². The van der Waals surface area contributed by atoms with E-state index in [-0.39, 0.29) is 5.56 Å². The highest BCUT2D eigenvalue weighted by Crippen LogP contribution is 2.46. The predicted octanol–water partition coefficient (Wildman–Crippen LogP) is 3.03. The number of allylic oxidation sites excluding steroid dienone is 2. The number of halogens is 3. The van der Waals surface area contributed by atoms with E-state index < -0.39 is 46.7 Å². The molecule has 0 amide bonds. The number of carboxylic acid groups (broad SMARTS) is 2. The lowest BCUT2D eigenvalue weighted by Crippen LogP contribution is -2.41. The van der Waals surface area contributed by atoms with Gasteiger partial charge in [-0.2, -0.15) is 13.2 Å². The Morgan fingerprint density at radius 1 is 1.24 bits per heavy atom. The van der Waals surface area contributed by atoms with Crippen molar-refractivity contribution in [1.29, 1.82) is 0 Å². The molecule has 2 rings (SSSR count). The van der Waals surface area contributed by atoms with Crippen LogP contribution < -0.4 is 0 Å². The first-order chi connectivity index (χ1) is 11.5. The highest BCUT2D eigenvalue weighted by atomic mass is 19.4. The van der Waals surface area contributed by atoms with Gasteiger partial charge in [0, 0.05) is 11.5 Å². The number of hydrogen-bond donors (Lipinski definition) is 3. The average Bonchev–Trinajstić information content (AvgIpc) is 2.53. The van der Waals surface area contributed by atoms with Gasteiger partial charge in [-0.1, -0.05) is 30.4 Å². The Labute approximate surface area is 140 Å². The van der Waals surface area contributed by atoms with Gasteiger partial charge in [-0.15, -0.1) is 0 Å². The van der Waals surface area contributed by atoms with Crippen LogP contribution in [0.25, 0.3) is 0 Å². The van der Waals surface area contributed by atoms with Crippen molar-refractivity contribution in [3.63, 3.8) is 0 Å². The summed E-state index contributed by atoms with van der Waals surface area (Å²) in [4.78, 5) is 23.1. The number of hydrogen-bond acceptors (Lipinski definition) is 3. The van der Waals surface area contributed by atoms with Crippen LogP contribution in [0.15, 0.2) is 48.1 Å². The molecule has 0 radical (unpaired) electrons. The fraction of sp³-hybridized carbons (Fsp3) is 0.294. The number of aliphatic hydroxyl groups excluding tert-OH is 1. The quantitative estimate of drug-likeness (QED) is 0.771. The van der Waals surface area contributed by atoms with E-state index in [0.717, 1.165) is 18.2 Å². The monoisotopic (exact) mass is 356 g/mol. The first kappa shape index (κ1) is 18.7. The molecule has 25 heavy (non-hydrogen) atoms. The van der Waals surface area contributed by atoms with E-state index in [0.29, 0.717) is 6.07 Å². The Morgan fingerprint density at radius 3 is 2.40 bits per heavy atom. The average molecular weight is 356 g/mol. The van der Waals surface area contributed by atoms with Crippen LogP contribution in [-0.4, -0.2) is 27.3 Å². The van der Waals surface area contributed by atoms with E-state index in [1.807, 2.05) is 0 Å². The Kier molecular flexibility index (Phi) is 4.76. The number of aliphatic carboxylic acids is 2. The Balaban J connectivity index is 2.55. The second kappa shape index (κ2) is 6.36. The normalized spacial score (nSPS) is 24.5. The van der Waals surface area contributed by atoms with Crippen LogP contribution in [0.1, 0.15) is 24.2 Å². The van der Waals surface area contributed by atoms with Crippen LogP contribution in [0, 0.1) is 11.3 Å². The van der Waals surface area contributed by atoms with Gasteiger partial charge in [0.1, 0.15) is 0 Å². The molecule has 3 N–H and O–H groups in total. The first-order valence-electron chi connectivity index (χ1n) is 7.20. The van der Waals surface area contributed by atoms with Gasteiger partial charge < -0.3 is 15.3 Å². The van der Waals surface area contributed by atoms with Crippen molar-refractivity contribution >= 4 is 11.9 Å². The lowest BCUT2D eigenvalue weighted by atomic mass is 9.66. The molecule has 1 aliphatic carbocycles. The molecule has 0 saturated heterocycles. The van der Waals surface area contributed by atoms with Crippen LogP contribution in [0.2, 0.25) is 0 Å². The zero-order valence-corrected chi connectivity index (χ0v) is 13.0. The number of alkyl halides is 3. The summed E-state index contributed by atoms with van der Waals surface area (Å²) in [5, 5.41) is 29.4. The second-order valence-electron chi connectivity index (χ2n) is 5.92. The molecule has 0 spiro atoms. The van der Waals surface area contributed by atoms with Crippen LogP contribution in [0.3, 0.4) is 0 Å². The summed E-state index contributed by atoms with van der Waals surface area (Å²) >= 11 is 0. The molecule has 3 atom stereocenters. The van der Waals surface area contributed by atoms with Gasteiger partial charge in [-0.05, 0) is 24.6 Å². The third kappa shape index (κ3) is 3.43. The lowest BCUT2D eigenvalue weighted by Gasteiger charge is -2.37. The molecule has 1 aliphatic rings. The molecule has 5 nitrogen and oxygen atoms in total. The molecule has 0 saturated carbocycles. The summed E-state index contributed by atoms with van der Waals surface area (Å²) in [5.74, 6) is -4.31. The minimum absolute atomic E-state index is 0.213. The van der Waals surface area contributed by atoms with E-state index in [1.165, 1.54) is 25.1 Å². The fourth-order valence-corrected chi connectivity index (χ4v) is 2.88. The van der Waals surface area contributed by atoms with Crippen molar-refractivity contribution in [3.8, 4) is 0 Å². The van der Waals surface area contributed by atoms with E-state index >= 15 is 0 Å². The maximum atomic E-state index is 12.9. The Morgan fingerprint density at radius 2 is 1.88 bits per heavy atom. The molecular weight excluding hydrogens is 341 g/mol. The topological polar surface area (TPSA) is 94.8 Å². The van der Waals surface area contributed by atoms with E-state index in [9.17, 15) is 38.1 Å². The van der Waals surface area contributed by atoms with Gasteiger partial charge in [0.2, 0.25) is 0 Å². The molecule has 0 heterocycles. The first-order valence-corrected chi connectivity index (χ1v) is 7.20. The van der Waals surface area contributed by atoms with Crippen molar-refractivity contribution in [3.05, 3.63) is 59.2 Å². The molecule has 0 fully saturated rings. The number of aliphatic hydroxyl groups is 1. The Bertz CT molecular complexity index is 766. The maximum absolute atomic E-state index is 12.9. The number of carbonyl (C=O) groups is 2. The molecule has 0 aliphatic heterocycles. The fourth-order valence-electron chi connectivity index (χ4n) is 2.88. The number of benzene rings is 1. The number of rotatable bonds is 4. The van der Waals surface area contributed by atoms with Crippen LogP contribution in [0.5, 0.6) is 0 Å². The minimum Gasteiger partial charge on any atom is -0.481 e. The maximum Gasteiger partial charge on any atom is 0.416 e. The summed E-state index contributed by atoms with van der Waals surface area (Å²) < 4.78 is 38.6. The molecule has 1 aromatic rings. The van der Waals surface area contributed by atoms with E-state index in [4.69, 9.17) is 0 Å². The van der Waals surface area contributed by atoms with Crippen molar-refractivity contribution in [2.75, 3.05) is 0 Å². The SMILES string of the molecule is CC1(C(=O)O)C=CC=C(C(=O)O)C1C(O)c1cccc(C(F)(F)F)c1. The van der Waals surface area contributed by atoms with Crippen molar-refractivity contribution in [2.45, 2.75) is 19.2 Å².